The van der Waals surface area contributed by atoms with Crippen LogP contribution in [0.5, 0.6) is 0 Å². The molecule has 0 heterocycles. The lowest BCUT2D eigenvalue weighted by molar-refractivity contribution is 0.581. The number of benzene rings is 4. The topological polar surface area (TPSA) is 46.2 Å². The van der Waals surface area contributed by atoms with Gasteiger partial charge >= 0.3 is 0 Å². The van der Waals surface area contributed by atoms with Crippen LogP contribution in [-0.2, 0) is 9.13 Å². The van der Waals surface area contributed by atoms with Crippen molar-refractivity contribution < 1.29 is 9.13 Å². The van der Waals surface area contributed by atoms with Crippen LogP contribution in [0, 0.1) is 0 Å². The quantitative estimate of drug-likeness (QED) is 0.332. The summed E-state index contributed by atoms with van der Waals surface area (Å²) in [5, 5.41) is 6.27. The Bertz CT molecular complexity index is 1220. The molecule has 0 unspecified atom stereocenters. The molecule has 4 aromatic carbocycles. The molecule has 166 valence electrons. The van der Waals surface area contributed by atoms with Crippen LogP contribution in [0.25, 0.3) is 0 Å². The lowest BCUT2D eigenvalue weighted by atomic mass is 10.4. The van der Waals surface area contributed by atoms with Gasteiger partial charge in [-0.25, -0.2) is 0 Å². The maximum Gasteiger partial charge on any atom is 0.226 e. The van der Waals surface area contributed by atoms with Gasteiger partial charge in [0, 0.05) is 32.7 Å². The minimum Gasteiger partial charge on any atom is -0.333 e. The molecule has 0 saturated heterocycles. The summed E-state index contributed by atoms with van der Waals surface area (Å²) in [6, 6.07) is 37.9. The lowest BCUT2D eigenvalue weighted by Crippen LogP contribution is -2.27. The summed E-state index contributed by atoms with van der Waals surface area (Å²) in [5.41, 5.74) is 0.696. The molecule has 0 spiro atoms. The zero-order valence-corrected chi connectivity index (χ0v) is 20.3. The van der Waals surface area contributed by atoms with Gasteiger partial charge in [-0.2, -0.15) is 0 Å². The van der Waals surface area contributed by atoms with Crippen molar-refractivity contribution in [3.05, 3.63) is 133 Å². The van der Waals surface area contributed by atoms with Crippen LogP contribution < -0.4 is 26.3 Å². The highest BCUT2D eigenvalue weighted by Crippen LogP contribution is 2.48. The number of nitrogens with one attached hydrogen (secondary N) is 1. The standard InChI is InChI=1S/C28H27NO2P2/c1-2-24(23-32(30,25-15-7-3-8-16-25)26-17-9-4-10-18-26)29-33(31,27-19-11-5-12-20-27)28-21-13-6-14-22-28/h3-23H,2H2,1H3,(H,29,31)/b24-23-. The Labute approximate surface area is 196 Å². The molecule has 0 amide bonds. The van der Waals surface area contributed by atoms with Gasteiger partial charge in [0.2, 0.25) is 7.29 Å². The van der Waals surface area contributed by atoms with Crippen molar-refractivity contribution in [2.45, 2.75) is 13.3 Å². The smallest absolute Gasteiger partial charge is 0.226 e. The van der Waals surface area contributed by atoms with Crippen molar-refractivity contribution in [1.82, 2.24) is 5.09 Å². The highest BCUT2D eigenvalue weighted by atomic mass is 31.2. The van der Waals surface area contributed by atoms with Gasteiger partial charge in [0.05, 0.1) is 0 Å². The first-order valence-electron chi connectivity index (χ1n) is 11.0. The highest BCUT2D eigenvalue weighted by Gasteiger charge is 2.30. The van der Waals surface area contributed by atoms with E-state index in [0.29, 0.717) is 22.7 Å². The molecule has 0 aliphatic heterocycles. The van der Waals surface area contributed by atoms with Crippen LogP contribution in [-0.4, -0.2) is 0 Å². The molecule has 33 heavy (non-hydrogen) atoms. The van der Waals surface area contributed by atoms with Gasteiger partial charge in [0.1, 0.15) is 0 Å². The fraction of sp³-hybridized carbons (Fsp3) is 0.0714. The molecule has 0 aromatic heterocycles. The normalized spacial score (nSPS) is 12.3. The highest BCUT2D eigenvalue weighted by molar-refractivity contribution is 7.81. The first kappa shape index (κ1) is 23.1. The van der Waals surface area contributed by atoms with E-state index in [0.717, 1.165) is 10.6 Å². The Hall–Kier alpha value is -3.12. The van der Waals surface area contributed by atoms with Crippen LogP contribution in [0.1, 0.15) is 13.3 Å². The van der Waals surface area contributed by atoms with E-state index in [1.165, 1.54) is 0 Å². The Morgan fingerprint density at radius 1 is 0.606 bits per heavy atom. The van der Waals surface area contributed by atoms with Crippen LogP contribution >= 0.6 is 14.4 Å². The van der Waals surface area contributed by atoms with E-state index in [2.05, 4.69) is 5.09 Å². The number of hydrogen-bond acceptors (Lipinski definition) is 2. The second-order valence-corrected chi connectivity index (χ2v) is 12.8. The van der Waals surface area contributed by atoms with E-state index in [1.54, 1.807) is 5.82 Å². The molecule has 4 rings (SSSR count). The Balaban J connectivity index is 1.85. The van der Waals surface area contributed by atoms with Crippen LogP contribution in [0.2, 0.25) is 0 Å². The average Bonchev–Trinajstić information content (AvgIpc) is 2.90. The third-order valence-electron chi connectivity index (χ3n) is 5.54. The fourth-order valence-corrected chi connectivity index (χ4v) is 8.75. The van der Waals surface area contributed by atoms with E-state index in [4.69, 9.17) is 0 Å². The maximum absolute atomic E-state index is 14.5. The number of hydrogen-bond donors (Lipinski definition) is 1. The number of rotatable bonds is 8. The molecule has 0 saturated carbocycles. The van der Waals surface area contributed by atoms with Gasteiger partial charge < -0.3 is 9.65 Å². The Kier molecular flexibility index (Phi) is 7.14. The molecule has 4 aromatic rings. The summed E-state index contributed by atoms with van der Waals surface area (Å²) in [5.74, 6) is 1.80. The lowest BCUT2D eigenvalue weighted by Gasteiger charge is -2.25. The van der Waals surface area contributed by atoms with Crippen molar-refractivity contribution >= 4 is 35.7 Å². The fourth-order valence-electron chi connectivity index (χ4n) is 3.77. The molecule has 0 radical (unpaired) electrons. The second-order valence-electron chi connectivity index (χ2n) is 7.73. The van der Waals surface area contributed by atoms with E-state index in [-0.39, 0.29) is 0 Å². The molecule has 0 bridgehead atoms. The van der Waals surface area contributed by atoms with Gasteiger partial charge in [-0.05, 0) is 30.7 Å². The first-order valence-corrected chi connectivity index (χ1v) is 14.5. The summed E-state index contributed by atoms with van der Waals surface area (Å²) in [6.07, 6.45) is 0.563. The predicted molar refractivity (Wildman–Crippen MR) is 141 cm³/mol. The minimum atomic E-state index is -3.21. The van der Waals surface area contributed by atoms with Crippen molar-refractivity contribution in [3.63, 3.8) is 0 Å². The largest absolute Gasteiger partial charge is 0.333 e. The van der Waals surface area contributed by atoms with Crippen molar-refractivity contribution in [2.75, 3.05) is 0 Å². The van der Waals surface area contributed by atoms with Gasteiger partial charge in [-0.3, -0.25) is 4.57 Å². The number of allylic oxidation sites excluding steroid dienone is 1. The molecule has 0 atom stereocenters. The van der Waals surface area contributed by atoms with Crippen LogP contribution in [0.3, 0.4) is 0 Å². The van der Waals surface area contributed by atoms with Crippen molar-refractivity contribution in [3.8, 4) is 0 Å². The van der Waals surface area contributed by atoms with E-state index in [1.807, 2.05) is 128 Å². The minimum absolute atomic E-state index is 0.563. The second kappa shape index (κ2) is 10.2. The Morgan fingerprint density at radius 3 is 1.27 bits per heavy atom. The molecular formula is C28H27NO2P2. The predicted octanol–water partition coefficient (Wildman–Crippen LogP) is 5.77. The SMILES string of the molecule is CC/C(=C/P(=O)(c1ccccc1)c1ccccc1)NP(=O)(c1ccccc1)c1ccccc1. The van der Waals surface area contributed by atoms with Gasteiger partial charge in [-0.1, -0.05) is 104 Å². The van der Waals surface area contributed by atoms with E-state index >= 15 is 0 Å². The molecule has 0 aliphatic carbocycles. The summed E-state index contributed by atoms with van der Waals surface area (Å²) in [7, 11) is -6.32. The third kappa shape index (κ3) is 4.96. The molecule has 3 nitrogen and oxygen atoms in total. The van der Waals surface area contributed by atoms with Gasteiger partial charge in [-0.15, -0.1) is 0 Å². The molecule has 1 N–H and O–H groups in total. The third-order valence-corrected chi connectivity index (χ3v) is 11.0. The molecule has 0 fully saturated rings. The van der Waals surface area contributed by atoms with Gasteiger partial charge in [0.15, 0.2) is 7.14 Å². The molecule has 0 aliphatic rings. The van der Waals surface area contributed by atoms with E-state index < -0.39 is 14.4 Å². The van der Waals surface area contributed by atoms with Gasteiger partial charge in [0.25, 0.3) is 0 Å². The average molecular weight is 471 g/mol. The van der Waals surface area contributed by atoms with E-state index in [9.17, 15) is 9.13 Å². The van der Waals surface area contributed by atoms with Crippen LogP contribution in [0.15, 0.2) is 133 Å². The maximum atomic E-state index is 14.5. The zero-order valence-electron chi connectivity index (χ0n) is 18.5. The summed E-state index contributed by atoms with van der Waals surface area (Å²) >= 11 is 0. The summed E-state index contributed by atoms with van der Waals surface area (Å²) in [4.78, 5) is 0. The summed E-state index contributed by atoms with van der Waals surface area (Å²) < 4.78 is 29.0. The molecule has 5 heteroatoms. The monoisotopic (exact) mass is 471 g/mol. The van der Waals surface area contributed by atoms with Crippen LogP contribution in [0.4, 0.5) is 0 Å². The Morgan fingerprint density at radius 2 is 0.939 bits per heavy atom. The summed E-state index contributed by atoms with van der Waals surface area (Å²) in [6.45, 7) is 1.99. The van der Waals surface area contributed by atoms with Crippen molar-refractivity contribution in [2.24, 2.45) is 0 Å². The first-order chi connectivity index (χ1) is 16.1. The molecular weight excluding hydrogens is 444 g/mol. The van der Waals surface area contributed by atoms with Crippen molar-refractivity contribution in [1.29, 1.82) is 0 Å². The zero-order chi connectivity index (χ0) is 23.2.